The van der Waals surface area contributed by atoms with Crippen LogP contribution in [0.3, 0.4) is 0 Å². The molecule has 0 heterocycles. The molecule has 17 heavy (non-hydrogen) atoms. The Morgan fingerprint density at radius 2 is 1.65 bits per heavy atom. The molecule has 104 valence electrons. The second-order valence-corrected chi connectivity index (χ2v) is 5.58. The molecule has 0 aliphatic rings. The van der Waals surface area contributed by atoms with Crippen LogP contribution < -0.4 is 5.73 Å². The van der Waals surface area contributed by atoms with Crippen molar-refractivity contribution in [2.45, 2.75) is 58.0 Å². The summed E-state index contributed by atoms with van der Waals surface area (Å²) in [6, 6.07) is 0. The molecule has 0 aromatic heterocycles. The highest BCUT2D eigenvalue weighted by atomic mass is 79.9. The Morgan fingerprint density at radius 3 is 1.88 bits per heavy atom. The normalized spacial score (nSPS) is 13.7. The summed E-state index contributed by atoms with van der Waals surface area (Å²) in [6.07, 6.45) is 1.44. The summed E-state index contributed by atoms with van der Waals surface area (Å²) in [5.74, 6) is 0. The minimum Gasteiger partial charge on any atom is -0.430 e. The van der Waals surface area contributed by atoms with Gasteiger partial charge in [-0.2, -0.15) is 0 Å². The fourth-order valence-electron chi connectivity index (χ4n) is 0.457. The Kier molecular flexibility index (Phi) is 10.8. The third kappa shape index (κ3) is 12.6. The fraction of sp³-hybridized carbons (Fsp3) is 1.00. The zero-order chi connectivity index (χ0) is 14.1. The second-order valence-electron chi connectivity index (χ2n) is 4.78. The minimum atomic E-state index is -1.01. The van der Waals surface area contributed by atoms with Crippen LogP contribution in [0.4, 0.5) is 0 Å². The lowest BCUT2D eigenvalue weighted by molar-refractivity contribution is -0.107. The van der Waals surface area contributed by atoms with Gasteiger partial charge in [0, 0.05) is 5.33 Å². The summed E-state index contributed by atoms with van der Waals surface area (Å²) >= 11 is 3.26. The number of hydrogen-bond donors (Lipinski definition) is 4. The summed E-state index contributed by atoms with van der Waals surface area (Å²) in [6.45, 7) is 6.31. The first-order chi connectivity index (χ1) is 7.56. The quantitative estimate of drug-likeness (QED) is 0.320. The molecule has 0 saturated carbocycles. The first-order valence-corrected chi connectivity index (χ1v) is 6.67. The molecule has 1 unspecified atom stereocenters. The Bertz CT molecular complexity index is 170. The molecule has 1 atom stereocenters. The maximum Gasteiger partial charge on any atom is 0.436 e. The van der Waals surface area contributed by atoms with Crippen LogP contribution in [0.15, 0.2) is 0 Å². The van der Waals surface area contributed by atoms with Crippen molar-refractivity contribution in [1.29, 1.82) is 0 Å². The number of alkyl halides is 1. The van der Waals surface area contributed by atoms with Gasteiger partial charge in [0.1, 0.15) is 0 Å². The number of hydrogen-bond acceptors (Lipinski definition) is 5. The van der Waals surface area contributed by atoms with Crippen LogP contribution in [-0.4, -0.2) is 45.7 Å². The number of aliphatic hydroxyl groups is 2. The summed E-state index contributed by atoms with van der Waals surface area (Å²) in [5.41, 5.74) is 3.35. The van der Waals surface area contributed by atoms with Gasteiger partial charge in [0.25, 0.3) is 0 Å². The Hall–Kier alpha value is 0.345. The smallest absolute Gasteiger partial charge is 0.430 e. The highest BCUT2D eigenvalue weighted by Gasteiger charge is 2.31. The lowest BCUT2D eigenvalue weighted by atomic mass is 9.90. The highest BCUT2D eigenvalue weighted by molar-refractivity contribution is 9.09. The maximum absolute atomic E-state index is 9.10. The van der Waals surface area contributed by atoms with E-state index in [2.05, 4.69) is 20.6 Å². The summed E-state index contributed by atoms with van der Waals surface area (Å²) < 4.78 is 4.66. The van der Waals surface area contributed by atoms with Gasteiger partial charge in [0.2, 0.25) is 0 Å². The van der Waals surface area contributed by atoms with Crippen molar-refractivity contribution in [2.75, 3.05) is 5.33 Å². The van der Waals surface area contributed by atoms with E-state index < -0.39 is 11.2 Å². The molecule has 0 rings (SSSR count). The van der Waals surface area contributed by atoms with Gasteiger partial charge in [-0.1, -0.05) is 15.9 Å². The number of nitrogens with two attached hydrogens (primary N) is 1. The van der Waals surface area contributed by atoms with Gasteiger partial charge in [-0.25, -0.2) is 0 Å². The zero-order valence-corrected chi connectivity index (χ0v) is 12.7. The monoisotopic (exact) mass is 313 g/mol. The van der Waals surface area contributed by atoms with Crippen molar-refractivity contribution in [3.63, 3.8) is 0 Å². The van der Waals surface area contributed by atoms with E-state index in [1.54, 1.807) is 27.7 Å². The SMILES string of the molecule is CC(C)(O)C(C)(C)O.NC(CCCBr)OBO. The van der Waals surface area contributed by atoms with Crippen LogP contribution in [-0.2, 0) is 4.65 Å². The van der Waals surface area contributed by atoms with Crippen LogP contribution >= 0.6 is 15.9 Å². The molecule has 0 spiro atoms. The van der Waals surface area contributed by atoms with Gasteiger partial charge in [0.05, 0.1) is 17.4 Å². The van der Waals surface area contributed by atoms with Crippen LogP contribution in [0.25, 0.3) is 0 Å². The predicted octanol–water partition coefficient (Wildman–Crippen LogP) is 0.250. The number of rotatable bonds is 6. The van der Waals surface area contributed by atoms with Gasteiger partial charge in [0.15, 0.2) is 0 Å². The van der Waals surface area contributed by atoms with E-state index in [-0.39, 0.29) is 13.9 Å². The van der Waals surface area contributed by atoms with E-state index in [9.17, 15) is 0 Å². The third-order valence-electron chi connectivity index (χ3n) is 2.41. The Morgan fingerprint density at radius 1 is 1.24 bits per heavy atom. The molecule has 0 bridgehead atoms. The van der Waals surface area contributed by atoms with Gasteiger partial charge in [-0.15, -0.1) is 0 Å². The molecular weight excluding hydrogens is 289 g/mol. The Labute approximate surface area is 113 Å². The van der Waals surface area contributed by atoms with Gasteiger partial charge in [-0.05, 0) is 40.5 Å². The average molecular weight is 314 g/mol. The molecule has 5 N–H and O–H groups in total. The van der Waals surface area contributed by atoms with E-state index >= 15 is 0 Å². The van der Waals surface area contributed by atoms with Crippen LogP contribution in [0.5, 0.6) is 0 Å². The zero-order valence-electron chi connectivity index (χ0n) is 11.1. The van der Waals surface area contributed by atoms with E-state index in [0.29, 0.717) is 0 Å². The summed E-state index contributed by atoms with van der Waals surface area (Å²) in [4.78, 5) is 0. The molecule has 7 heteroatoms. The van der Waals surface area contributed by atoms with Crippen molar-refractivity contribution >= 4 is 23.6 Å². The lowest BCUT2D eigenvalue weighted by Crippen LogP contribution is -2.44. The third-order valence-corrected chi connectivity index (χ3v) is 2.97. The second kappa shape index (κ2) is 9.30. The van der Waals surface area contributed by atoms with Crippen molar-refractivity contribution in [3.8, 4) is 0 Å². The molecule has 0 radical (unpaired) electrons. The number of halogens is 1. The van der Waals surface area contributed by atoms with Crippen molar-refractivity contribution < 1.29 is 19.9 Å². The van der Waals surface area contributed by atoms with Crippen LogP contribution in [0.2, 0.25) is 0 Å². The molecule has 0 fully saturated rings. The average Bonchev–Trinajstić information content (AvgIpc) is 2.13. The highest BCUT2D eigenvalue weighted by Crippen LogP contribution is 2.19. The maximum atomic E-state index is 9.10. The van der Waals surface area contributed by atoms with E-state index in [1.807, 2.05) is 0 Å². The Balaban J connectivity index is 0. The molecular formula is C10H25BBrNO4. The molecule has 0 aromatic rings. The molecule has 0 aromatic carbocycles. The van der Waals surface area contributed by atoms with Crippen molar-refractivity contribution in [2.24, 2.45) is 5.73 Å². The van der Waals surface area contributed by atoms with Gasteiger partial charge < -0.3 is 25.6 Å². The minimum absolute atomic E-state index is 0.288. The predicted molar refractivity (Wildman–Crippen MR) is 74.1 cm³/mol. The molecule has 5 nitrogen and oxygen atoms in total. The fourth-order valence-corrected chi connectivity index (χ4v) is 0.781. The van der Waals surface area contributed by atoms with Crippen LogP contribution in [0.1, 0.15) is 40.5 Å². The van der Waals surface area contributed by atoms with Crippen molar-refractivity contribution in [1.82, 2.24) is 0 Å². The lowest BCUT2D eigenvalue weighted by Gasteiger charge is -2.31. The molecule has 0 aliphatic heterocycles. The topological polar surface area (TPSA) is 95.9 Å². The molecule has 0 saturated heterocycles. The van der Waals surface area contributed by atoms with E-state index in [1.165, 1.54) is 0 Å². The van der Waals surface area contributed by atoms with E-state index in [0.717, 1.165) is 18.2 Å². The van der Waals surface area contributed by atoms with E-state index in [4.69, 9.17) is 21.0 Å². The van der Waals surface area contributed by atoms with Gasteiger partial charge in [-0.3, -0.25) is 0 Å². The first-order valence-electron chi connectivity index (χ1n) is 5.55. The van der Waals surface area contributed by atoms with Crippen LogP contribution in [0, 0.1) is 0 Å². The summed E-state index contributed by atoms with van der Waals surface area (Å²) in [7, 11) is -0.288. The van der Waals surface area contributed by atoms with Gasteiger partial charge >= 0.3 is 7.69 Å². The van der Waals surface area contributed by atoms with Crippen molar-refractivity contribution in [3.05, 3.63) is 0 Å². The first kappa shape index (κ1) is 19.7. The standard InChI is InChI=1S/C6H14O2.C4H11BBrNO2/c1-5(2,7)6(3,4)8;6-3-1-2-4(7)9-5-8/h7-8H,1-4H3;4-5,8H,1-3,7H2. The molecule has 0 amide bonds. The summed E-state index contributed by atoms with van der Waals surface area (Å²) in [5, 5.41) is 27.4. The largest absolute Gasteiger partial charge is 0.436 e. The molecule has 0 aliphatic carbocycles.